The second-order valence-corrected chi connectivity index (χ2v) is 4.51. The third kappa shape index (κ3) is 2.49. The van der Waals surface area contributed by atoms with Crippen LogP contribution in [0.15, 0.2) is 4.52 Å². The number of ether oxygens (including phenoxy) is 1. The Balaban J connectivity index is 2.05. The van der Waals surface area contributed by atoms with Gasteiger partial charge in [0.1, 0.15) is 0 Å². The molecule has 1 fully saturated rings. The van der Waals surface area contributed by atoms with Crippen LogP contribution in [0.3, 0.4) is 0 Å². The van der Waals surface area contributed by atoms with E-state index in [0.29, 0.717) is 11.8 Å². The Kier molecular flexibility index (Phi) is 3.58. The fourth-order valence-electron chi connectivity index (χ4n) is 1.42. The van der Waals surface area contributed by atoms with E-state index in [9.17, 15) is 0 Å². The quantitative estimate of drug-likeness (QED) is 0.787. The first-order valence-corrected chi connectivity index (χ1v) is 6.03. The summed E-state index contributed by atoms with van der Waals surface area (Å²) in [5.74, 6) is 1.32. The number of morpholine rings is 1. The van der Waals surface area contributed by atoms with Crippen molar-refractivity contribution in [2.45, 2.75) is 18.2 Å². The first kappa shape index (κ1) is 10.9. The Morgan fingerprint density at radius 2 is 2.20 bits per heavy atom. The molecule has 0 aliphatic carbocycles. The topological polar surface area (TPSA) is 51.4 Å². The maximum atomic E-state index is 5.26. The zero-order valence-corrected chi connectivity index (χ0v) is 10.2. The summed E-state index contributed by atoms with van der Waals surface area (Å²) in [5.41, 5.74) is 0. The molecule has 0 amide bonds. The minimum absolute atomic E-state index is 0.153. The maximum absolute atomic E-state index is 5.26. The van der Waals surface area contributed by atoms with Gasteiger partial charge in [-0.25, -0.2) is 0 Å². The second kappa shape index (κ2) is 4.94. The molecule has 1 aliphatic heterocycles. The van der Waals surface area contributed by atoms with Crippen LogP contribution in [0.5, 0.6) is 0 Å². The molecule has 5 nitrogen and oxygen atoms in total. The Morgan fingerprint density at radius 1 is 1.47 bits per heavy atom. The van der Waals surface area contributed by atoms with Crippen molar-refractivity contribution in [3.05, 3.63) is 5.89 Å². The summed E-state index contributed by atoms with van der Waals surface area (Å²) in [5, 5.41) is 3.96. The van der Waals surface area contributed by atoms with E-state index in [2.05, 4.69) is 37.9 Å². The highest BCUT2D eigenvalue weighted by Crippen LogP contribution is 2.25. The van der Waals surface area contributed by atoms with Crippen molar-refractivity contribution in [3.8, 4) is 0 Å². The molecule has 0 aromatic carbocycles. The number of rotatable bonds is 3. The molecule has 2 rings (SSSR count). The van der Waals surface area contributed by atoms with E-state index in [1.165, 1.54) is 0 Å². The summed E-state index contributed by atoms with van der Waals surface area (Å²) < 4.78 is 10.4. The van der Waals surface area contributed by atoms with E-state index in [1.807, 2.05) is 0 Å². The van der Waals surface area contributed by atoms with Gasteiger partial charge in [-0.05, 0) is 11.6 Å². The highest BCUT2D eigenvalue weighted by Gasteiger charge is 2.19. The van der Waals surface area contributed by atoms with Crippen molar-refractivity contribution in [1.82, 2.24) is 10.1 Å². The predicted octanol–water partition coefficient (Wildman–Crippen LogP) is 1.75. The van der Waals surface area contributed by atoms with Crippen molar-refractivity contribution in [3.63, 3.8) is 0 Å². The maximum Gasteiger partial charge on any atom is 0.266 e. The lowest BCUT2D eigenvalue weighted by molar-refractivity contribution is 0.121. The highest BCUT2D eigenvalue weighted by atomic mass is 79.9. The van der Waals surface area contributed by atoms with Gasteiger partial charge in [0.05, 0.1) is 18.0 Å². The van der Waals surface area contributed by atoms with Gasteiger partial charge >= 0.3 is 0 Å². The Bertz CT molecular complexity index is 312. The average Bonchev–Trinajstić information content (AvgIpc) is 2.78. The lowest BCUT2D eigenvalue weighted by Gasteiger charge is -2.24. The molecule has 1 aliphatic rings. The molecule has 0 radical (unpaired) electrons. The SMILES string of the molecule is CCC(Br)c1nc(N2CCOCC2)no1. The van der Waals surface area contributed by atoms with Crippen LogP contribution in [-0.4, -0.2) is 36.4 Å². The minimum atomic E-state index is 0.153. The van der Waals surface area contributed by atoms with E-state index in [4.69, 9.17) is 9.26 Å². The van der Waals surface area contributed by atoms with Gasteiger partial charge in [-0.1, -0.05) is 22.9 Å². The lowest BCUT2D eigenvalue weighted by Crippen LogP contribution is -2.36. The Morgan fingerprint density at radius 3 is 2.87 bits per heavy atom. The van der Waals surface area contributed by atoms with Crippen molar-refractivity contribution in [1.29, 1.82) is 0 Å². The molecule has 1 saturated heterocycles. The molecule has 0 saturated carbocycles. The summed E-state index contributed by atoms with van der Waals surface area (Å²) in [6.45, 7) is 5.19. The van der Waals surface area contributed by atoms with E-state index < -0.39 is 0 Å². The molecule has 0 N–H and O–H groups in total. The molecule has 1 atom stereocenters. The number of hydrogen-bond acceptors (Lipinski definition) is 5. The first-order chi connectivity index (χ1) is 7.31. The summed E-state index contributed by atoms with van der Waals surface area (Å²) >= 11 is 3.48. The summed E-state index contributed by atoms with van der Waals surface area (Å²) in [7, 11) is 0. The van der Waals surface area contributed by atoms with Gasteiger partial charge in [0.2, 0.25) is 5.89 Å². The van der Waals surface area contributed by atoms with Crippen molar-refractivity contribution in [2.24, 2.45) is 0 Å². The minimum Gasteiger partial charge on any atom is -0.378 e. The summed E-state index contributed by atoms with van der Waals surface area (Å²) in [6, 6.07) is 0. The van der Waals surface area contributed by atoms with E-state index >= 15 is 0 Å². The fourth-order valence-corrected chi connectivity index (χ4v) is 1.61. The second-order valence-electron chi connectivity index (χ2n) is 3.41. The number of aromatic nitrogens is 2. The normalized spacial score (nSPS) is 19.2. The van der Waals surface area contributed by atoms with Crippen LogP contribution in [0.2, 0.25) is 0 Å². The molecule has 1 unspecified atom stereocenters. The molecule has 1 aromatic heterocycles. The predicted molar refractivity (Wildman–Crippen MR) is 59.3 cm³/mol. The molecular formula is C9H14BrN3O2. The average molecular weight is 276 g/mol. The first-order valence-electron chi connectivity index (χ1n) is 5.11. The zero-order valence-electron chi connectivity index (χ0n) is 8.65. The smallest absolute Gasteiger partial charge is 0.266 e. The molecule has 84 valence electrons. The van der Waals surface area contributed by atoms with Crippen LogP contribution >= 0.6 is 15.9 Å². The van der Waals surface area contributed by atoms with Crippen LogP contribution in [0.4, 0.5) is 5.95 Å². The van der Waals surface area contributed by atoms with Gasteiger partial charge in [0.15, 0.2) is 0 Å². The molecule has 0 bridgehead atoms. The van der Waals surface area contributed by atoms with Gasteiger partial charge in [0, 0.05) is 13.1 Å². The van der Waals surface area contributed by atoms with Crippen LogP contribution in [0.1, 0.15) is 24.1 Å². The molecule has 0 spiro atoms. The van der Waals surface area contributed by atoms with E-state index in [0.717, 1.165) is 32.7 Å². The van der Waals surface area contributed by atoms with Gasteiger partial charge in [-0.3, -0.25) is 0 Å². The third-order valence-electron chi connectivity index (χ3n) is 2.35. The van der Waals surface area contributed by atoms with E-state index in [1.54, 1.807) is 0 Å². The number of nitrogens with zero attached hydrogens (tertiary/aromatic N) is 3. The number of anilines is 1. The molecular weight excluding hydrogens is 262 g/mol. The van der Waals surface area contributed by atoms with Gasteiger partial charge in [-0.2, -0.15) is 4.98 Å². The fraction of sp³-hybridized carbons (Fsp3) is 0.778. The third-order valence-corrected chi connectivity index (χ3v) is 3.39. The molecule has 2 heterocycles. The van der Waals surface area contributed by atoms with Crippen LogP contribution < -0.4 is 4.90 Å². The van der Waals surface area contributed by atoms with Crippen molar-refractivity contribution in [2.75, 3.05) is 31.2 Å². The van der Waals surface area contributed by atoms with Crippen LogP contribution in [0, 0.1) is 0 Å². The molecule has 6 heteroatoms. The Hall–Kier alpha value is -0.620. The summed E-state index contributed by atoms with van der Waals surface area (Å²) in [6.07, 6.45) is 0.935. The molecule has 15 heavy (non-hydrogen) atoms. The summed E-state index contributed by atoms with van der Waals surface area (Å²) in [4.78, 5) is 6.58. The number of alkyl halides is 1. The van der Waals surface area contributed by atoms with Gasteiger partial charge in [-0.15, -0.1) is 0 Å². The van der Waals surface area contributed by atoms with Crippen LogP contribution in [0.25, 0.3) is 0 Å². The van der Waals surface area contributed by atoms with Crippen molar-refractivity contribution >= 4 is 21.9 Å². The molecule has 1 aromatic rings. The lowest BCUT2D eigenvalue weighted by atomic mass is 10.3. The van der Waals surface area contributed by atoms with Gasteiger partial charge < -0.3 is 14.2 Å². The monoisotopic (exact) mass is 275 g/mol. The highest BCUT2D eigenvalue weighted by molar-refractivity contribution is 9.09. The standard InChI is InChI=1S/C9H14BrN3O2/c1-2-7(10)8-11-9(12-15-8)13-3-5-14-6-4-13/h7H,2-6H2,1H3. The number of halogens is 1. The van der Waals surface area contributed by atoms with Crippen molar-refractivity contribution < 1.29 is 9.26 Å². The van der Waals surface area contributed by atoms with E-state index in [-0.39, 0.29) is 4.83 Å². The largest absolute Gasteiger partial charge is 0.378 e. The number of hydrogen-bond donors (Lipinski definition) is 0. The van der Waals surface area contributed by atoms with Crippen LogP contribution in [-0.2, 0) is 4.74 Å². The Labute approximate surface area is 96.9 Å². The van der Waals surface area contributed by atoms with Gasteiger partial charge in [0.25, 0.3) is 5.95 Å². The zero-order chi connectivity index (χ0) is 10.7.